The maximum absolute atomic E-state index is 12.7. The summed E-state index contributed by atoms with van der Waals surface area (Å²) in [7, 11) is 0. The minimum atomic E-state index is -0.827. The van der Waals surface area contributed by atoms with E-state index in [1.807, 2.05) is 0 Å². The molecule has 2 rings (SSSR count). The molecule has 1 heterocycles. The van der Waals surface area contributed by atoms with E-state index in [4.69, 9.17) is 10.5 Å². The molecule has 9 nitrogen and oxygen atoms in total. The maximum Gasteiger partial charge on any atom is 0.418 e. The normalized spacial score (nSPS) is 14.0. The number of benzene rings is 1. The van der Waals surface area contributed by atoms with Crippen LogP contribution >= 0.6 is 0 Å². The minimum Gasteiger partial charge on any atom is -0.443 e. The number of hydrogen-bond donors (Lipinski definition) is 2. The number of fused-ring (bicyclic) bond motifs is 1. The molecule has 0 fully saturated rings. The van der Waals surface area contributed by atoms with Crippen LogP contribution in [0.25, 0.3) is 0 Å². The van der Waals surface area contributed by atoms with Crippen LogP contribution < -0.4 is 11.1 Å². The van der Waals surface area contributed by atoms with Crippen LogP contribution in [0, 0.1) is 0 Å². The number of ether oxygens (including phenoxy) is 1. The van der Waals surface area contributed by atoms with Gasteiger partial charge in [-0.15, -0.1) is 0 Å². The highest BCUT2D eigenvalue weighted by Crippen LogP contribution is 2.31. The van der Waals surface area contributed by atoms with E-state index < -0.39 is 29.2 Å². The molecular weight excluding hydrogens is 376 g/mol. The summed E-state index contributed by atoms with van der Waals surface area (Å²) in [5.41, 5.74) is 4.80. The third-order valence-electron chi connectivity index (χ3n) is 4.02. The second kappa shape index (κ2) is 7.82. The molecule has 1 aromatic carbocycles. The van der Waals surface area contributed by atoms with Crippen molar-refractivity contribution < 1.29 is 23.9 Å². The molecule has 29 heavy (non-hydrogen) atoms. The Kier molecular flexibility index (Phi) is 6.03. The highest BCUT2D eigenvalue weighted by Gasteiger charge is 2.42. The monoisotopic (exact) mass is 404 g/mol. The number of nitrogens with zero attached hydrogens (tertiary/aromatic N) is 2. The lowest BCUT2D eigenvalue weighted by Gasteiger charge is -2.29. The van der Waals surface area contributed by atoms with Crippen molar-refractivity contribution in [3.8, 4) is 0 Å². The summed E-state index contributed by atoms with van der Waals surface area (Å²) < 4.78 is 5.23. The van der Waals surface area contributed by atoms with Crippen LogP contribution in [0.3, 0.4) is 0 Å². The van der Waals surface area contributed by atoms with Crippen molar-refractivity contribution in [1.29, 1.82) is 0 Å². The second-order valence-electron chi connectivity index (χ2n) is 8.73. The fourth-order valence-corrected chi connectivity index (χ4v) is 2.84. The van der Waals surface area contributed by atoms with Crippen LogP contribution in [0.4, 0.5) is 15.3 Å². The number of carbonyl (C=O) groups excluding carboxylic acids is 4. The average molecular weight is 404 g/mol. The molecule has 1 aromatic rings. The summed E-state index contributed by atoms with van der Waals surface area (Å²) in [6, 6.07) is 3.67. The van der Waals surface area contributed by atoms with E-state index in [-0.39, 0.29) is 35.8 Å². The number of nitrogens with two attached hydrogens (primary N) is 1. The number of hydrogen-bond acceptors (Lipinski definition) is 6. The van der Waals surface area contributed by atoms with Gasteiger partial charge in [0, 0.05) is 24.3 Å². The molecule has 158 valence electrons. The van der Waals surface area contributed by atoms with Crippen LogP contribution in [0.1, 0.15) is 62.3 Å². The number of nitrogens with one attached hydrogen (secondary N) is 1. The molecule has 3 N–H and O–H groups in total. The molecule has 0 aromatic heterocycles. The van der Waals surface area contributed by atoms with Crippen molar-refractivity contribution in [3.63, 3.8) is 0 Å². The summed E-state index contributed by atoms with van der Waals surface area (Å²) >= 11 is 0. The van der Waals surface area contributed by atoms with Gasteiger partial charge in [-0.05, 0) is 59.7 Å². The van der Waals surface area contributed by atoms with Crippen molar-refractivity contribution in [3.05, 3.63) is 29.3 Å². The second-order valence-corrected chi connectivity index (χ2v) is 8.73. The largest absolute Gasteiger partial charge is 0.443 e. The third kappa shape index (κ3) is 4.92. The van der Waals surface area contributed by atoms with Gasteiger partial charge in [-0.2, -0.15) is 0 Å². The van der Waals surface area contributed by atoms with E-state index >= 15 is 0 Å². The first-order valence-electron chi connectivity index (χ1n) is 9.31. The zero-order chi connectivity index (χ0) is 22.1. The molecule has 0 saturated heterocycles. The standard InChI is InChI=1S/C20H28N4O5/c1-19(2,3)24-15(25)13-8-7-12(11-14(13)16(24)26)22-17(27)23(10-9-21)18(28)29-20(4,5)6/h7-8,11H,9-10,21H2,1-6H3,(H,22,27). The van der Waals surface area contributed by atoms with E-state index in [0.717, 1.165) is 4.90 Å². The van der Waals surface area contributed by atoms with E-state index in [9.17, 15) is 19.2 Å². The summed E-state index contributed by atoms with van der Waals surface area (Å²) in [4.78, 5) is 52.2. The molecule has 9 heteroatoms. The molecule has 5 amide bonds. The van der Waals surface area contributed by atoms with E-state index in [1.165, 1.54) is 23.1 Å². The van der Waals surface area contributed by atoms with Gasteiger partial charge in [-0.1, -0.05) is 0 Å². The highest BCUT2D eigenvalue weighted by atomic mass is 16.6. The zero-order valence-corrected chi connectivity index (χ0v) is 17.7. The SMILES string of the molecule is CC(C)(C)OC(=O)N(CCN)C(=O)Nc1ccc2c(c1)C(=O)N(C(C)(C)C)C2=O. The smallest absolute Gasteiger partial charge is 0.418 e. The third-order valence-corrected chi connectivity index (χ3v) is 4.02. The first-order valence-corrected chi connectivity index (χ1v) is 9.31. The van der Waals surface area contributed by atoms with Crippen molar-refractivity contribution >= 4 is 29.6 Å². The topological polar surface area (TPSA) is 122 Å². The van der Waals surface area contributed by atoms with E-state index in [1.54, 1.807) is 41.5 Å². The van der Waals surface area contributed by atoms with Crippen molar-refractivity contribution in [2.75, 3.05) is 18.4 Å². The van der Waals surface area contributed by atoms with Crippen LogP contribution in [0.2, 0.25) is 0 Å². The lowest BCUT2D eigenvalue weighted by Crippen LogP contribution is -2.45. The summed E-state index contributed by atoms with van der Waals surface area (Å²) in [6.07, 6.45) is -0.827. The number of anilines is 1. The number of amides is 5. The number of imide groups is 2. The molecule has 0 radical (unpaired) electrons. The molecule has 1 aliphatic heterocycles. The van der Waals surface area contributed by atoms with Gasteiger partial charge in [0.2, 0.25) is 0 Å². The Morgan fingerprint density at radius 1 is 1.07 bits per heavy atom. The Balaban J connectivity index is 2.24. The van der Waals surface area contributed by atoms with Gasteiger partial charge in [0.25, 0.3) is 11.8 Å². The molecule has 0 aliphatic carbocycles. The first-order chi connectivity index (χ1) is 13.3. The van der Waals surface area contributed by atoms with Gasteiger partial charge in [-0.25, -0.2) is 14.5 Å². The van der Waals surface area contributed by atoms with Gasteiger partial charge in [-0.3, -0.25) is 14.5 Å². The fraction of sp³-hybridized carbons (Fsp3) is 0.500. The van der Waals surface area contributed by atoms with Crippen molar-refractivity contribution in [1.82, 2.24) is 9.80 Å². The van der Waals surface area contributed by atoms with E-state index in [2.05, 4.69) is 5.32 Å². The lowest BCUT2D eigenvalue weighted by atomic mass is 10.1. The van der Waals surface area contributed by atoms with Crippen molar-refractivity contribution in [2.24, 2.45) is 5.73 Å². The molecule has 0 spiro atoms. The molecule has 0 unspecified atom stereocenters. The minimum absolute atomic E-state index is 0.0408. The maximum atomic E-state index is 12.7. The van der Waals surface area contributed by atoms with Crippen LogP contribution in [-0.2, 0) is 4.74 Å². The lowest BCUT2D eigenvalue weighted by molar-refractivity contribution is 0.0335. The predicted octanol–water partition coefficient (Wildman–Crippen LogP) is 2.81. The Bertz CT molecular complexity index is 851. The van der Waals surface area contributed by atoms with Crippen molar-refractivity contribution in [2.45, 2.75) is 52.7 Å². The molecular formula is C20H28N4O5. The molecule has 0 atom stereocenters. The quantitative estimate of drug-likeness (QED) is 0.747. The Morgan fingerprint density at radius 2 is 1.66 bits per heavy atom. The van der Waals surface area contributed by atoms with Gasteiger partial charge >= 0.3 is 12.1 Å². The number of carbonyl (C=O) groups is 4. The van der Waals surface area contributed by atoms with Gasteiger partial charge in [0.15, 0.2) is 0 Å². The van der Waals surface area contributed by atoms with Gasteiger partial charge in [0.1, 0.15) is 5.60 Å². The predicted molar refractivity (Wildman–Crippen MR) is 108 cm³/mol. The summed E-state index contributed by atoms with van der Waals surface area (Å²) in [5.74, 6) is -0.812. The highest BCUT2D eigenvalue weighted by molar-refractivity contribution is 6.22. The number of urea groups is 1. The fourth-order valence-electron chi connectivity index (χ4n) is 2.84. The van der Waals surface area contributed by atoms with Gasteiger partial charge in [0.05, 0.1) is 11.1 Å². The summed E-state index contributed by atoms with van der Waals surface area (Å²) in [6.45, 7) is 10.4. The zero-order valence-electron chi connectivity index (χ0n) is 17.7. The van der Waals surface area contributed by atoms with Gasteiger partial charge < -0.3 is 15.8 Å². The molecule has 0 saturated carbocycles. The van der Waals surface area contributed by atoms with E-state index in [0.29, 0.717) is 0 Å². The van der Waals surface area contributed by atoms with Crippen LogP contribution in [0.5, 0.6) is 0 Å². The summed E-state index contributed by atoms with van der Waals surface area (Å²) in [5, 5.41) is 2.56. The van der Waals surface area contributed by atoms with Crippen LogP contribution in [0.15, 0.2) is 18.2 Å². The molecule has 0 bridgehead atoms. The average Bonchev–Trinajstić information content (AvgIpc) is 2.81. The Hall–Kier alpha value is -2.94. The Morgan fingerprint density at radius 3 is 2.17 bits per heavy atom. The number of rotatable bonds is 3. The molecule has 1 aliphatic rings. The van der Waals surface area contributed by atoms with Crippen LogP contribution in [-0.4, -0.2) is 58.0 Å². The first kappa shape index (κ1) is 22.4. The Labute approximate surface area is 170 Å².